The van der Waals surface area contributed by atoms with Crippen molar-refractivity contribution in [3.05, 3.63) is 29.6 Å². The molecule has 0 aliphatic carbocycles. The number of aromatic nitrogens is 1. The van der Waals surface area contributed by atoms with Crippen LogP contribution in [0, 0.1) is 11.8 Å². The number of rotatable bonds is 3. The number of carbonyl (C=O) groups is 2. The van der Waals surface area contributed by atoms with Gasteiger partial charge in [-0.2, -0.15) is 0 Å². The number of nitrogens with zero attached hydrogens (tertiary/aromatic N) is 2. The van der Waals surface area contributed by atoms with Crippen LogP contribution in [0.25, 0.3) is 0 Å². The Morgan fingerprint density at radius 3 is 2.71 bits per heavy atom. The smallest absolute Gasteiger partial charge is 0.270 e. The topological polar surface area (TPSA) is 82.5 Å². The molecule has 0 radical (unpaired) electrons. The molecule has 0 bridgehead atoms. The van der Waals surface area contributed by atoms with Gasteiger partial charge in [0.05, 0.1) is 6.54 Å². The molecule has 0 atom stereocenters. The summed E-state index contributed by atoms with van der Waals surface area (Å²) >= 11 is 0. The van der Waals surface area contributed by atoms with Crippen molar-refractivity contribution in [2.75, 3.05) is 26.2 Å². The third-order valence-corrected chi connectivity index (χ3v) is 3.17. The Kier molecular flexibility index (Phi) is 5.29. The summed E-state index contributed by atoms with van der Waals surface area (Å²) in [5.74, 6) is 4.74. The van der Waals surface area contributed by atoms with Crippen LogP contribution in [0.2, 0.25) is 0 Å². The monoisotopic (exact) mass is 287 g/mol. The number of hydrogen-bond acceptors (Lipinski definition) is 4. The number of carbonyl (C=O) groups excluding carboxylic acids is 2. The second kappa shape index (κ2) is 7.41. The minimum absolute atomic E-state index is 0.00736. The molecular formula is C15H17N3O3. The summed E-state index contributed by atoms with van der Waals surface area (Å²) in [5.41, 5.74) is 0.854. The van der Waals surface area contributed by atoms with Crippen LogP contribution in [-0.4, -0.2) is 53.0 Å². The summed E-state index contributed by atoms with van der Waals surface area (Å²) in [5, 5.41) is 11.2. The van der Waals surface area contributed by atoms with E-state index in [4.69, 9.17) is 5.11 Å². The zero-order chi connectivity index (χ0) is 15.1. The minimum atomic E-state index is -0.385. The van der Waals surface area contributed by atoms with Crippen LogP contribution in [0.4, 0.5) is 0 Å². The molecule has 1 saturated heterocycles. The van der Waals surface area contributed by atoms with Crippen LogP contribution in [0.15, 0.2) is 18.3 Å². The first-order valence-electron chi connectivity index (χ1n) is 6.82. The lowest BCUT2D eigenvalue weighted by atomic mass is 10.2. The summed E-state index contributed by atoms with van der Waals surface area (Å²) in [6, 6.07) is 3.18. The van der Waals surface area contributed by atoms with Crippen molar-refractivity contribution < 1.29 is 14.7 Å². The third-order valence-electron chi connectivity index (χ3n) is 3.17. The van der Waals surface area contributed by atoms with E-state index < -0.39 is 0 Å². The van der Waals surface area contributed by atoms with Crippen molar-refractivity contribution in [1.82, 2.24) is 15.2 Å². The molecule has 1 aliphatic heterocycles. The van der Waals surface area contributed by atoms with E-state index in [9.17, 15) is 9.59 Å². The van der Waals surface area contributed by atoms with Crippen LogP contribution in [0.3, 0.4) is 0 Å². The lowest BCUT2D eigenvalue weighted by Gasteiger charge is -2.15. The fourth-order valence-electron chi connectivity index (χ4n) is 2.07. The highest BCUT2D eigenvalue weighted by Gasteiger charge is 2.18. The number of hydrogen-bond donors (Lipinski definition) is 2. The summed E-state index contributed by atoms with van der Waals surface area (Å²) in [6.07, 6.45) is 3.51. The maximum atomic E-state index is 11.9. The molecule has 21 heavy (non-hydrogen) atoms. The van der Waals surface area contributed by atoms with Crippen LogP contribution in [0.1, 0.15) is 28.9 Å². The number of aliphatic hydroxyl groups is 1. The molecule has 0 unspecified atom stereocenters. The van der Waals surface area contributed by atoms with Crippen LogP contribution >= 0.6 is 0 Å². The van der Waals surface area contributed by atoms with Gasteiger partial charge in [-0.1, -0.05) is 11.8 Å². The quantitative estimate of drug-likeness (QED) is 0.753. The van der Waals surface area contributed by atoms with Gasteiger partial charge in [0, 0.05) is 24.8 Å². The molecule has 0 spiro atoms. The molecule has 1 aliphatic rings. The average molecular weight is 287 g/mol. The molecule has 110 valence electrons. The highest BCUT2D eigenvalue weighted by Crippen LogP contribution is 2.06. The van der Waals surface area contributed by atoms with Crippen molar-refractivity contribution >= 4 is 11.8 Å². The van der Waals surface area contributed by atoms with Gasteiger partial charge in [0.1, 0.15) is 12.3 Å². The first kappa shape index (κ1) is 15.0. The highest BCUT2D eigenvalue weighted by atomic mass is 16.2. The predicted molar refractivity (Wildman–Crippen MR) is 76.3 cm³/mol. The van der Waals surface area contributed by atoms with E-state index in [1.54, 1.807) is 11.0 Å². The van der Waals surface area contributed by atoms with Crippen LogP contribution < -0.4 is 5.32 Å². The molecule has 2 heterocycles. The van der Waals surface area contributed by atoms with Crippen molar-refractivity contribution in [2.24, 2.45) is 0 Å². The number of likely N-dealkylation sites (tertiary alicyclic amines) is 1. The van der Waals surface area contributed by atoms with Gasteiger partial charge in [0.15, 0.2) is 0 Å². The van der Waals surface area contributed by atoms with E-state index in [0.29, 0.717) is 5.56 Å². The van der Waals surface area contributed by atoms with E-state index >= 15 is 0 Å². The number of pyridine rings is 1. The highest BCUT2D eigenvalue weighted by molar-refractivity contribution is 5.94. The van der Waals surface area contributed by atoms with Gasteiger partial charge in [-0.3, -0.25) is 9.59 Å². The molecule has 1 aromatic rings. The lowest BCUT2D eigenvalue weighted by Crippen LogP contribution is -2.38. The van der Waals surface area contributed by atoms with Gasteiger partial charge >= 0.3 is 0 Å². The normalized spacial score (nSPS) is 13.5. The average Bonchev–Trinajstić information content (AvgIpc) is 3.05. The SMILES string of the molecule is O=C(NCC(=O)N1CCCC1)c1ccc(C#CCO)cn1. The van der Waals surface area contributed by atoms with Crippen molar-refractivity contribution in [3.63, 3.8) is 0 Å². The molecule has 0 saturated carbocycles. The Hall–Kier alpha value is -2.39. The molecule has 1 fully saturated rings. The molecule has 0 aromatic carbocycles. The maximum absolute atomic E-state index is 11.9. The Labute approximate surface area is 123 Å². The Morgan fingerprint density at radius 1 is 1.33 bits per heavy atom. The summed E-state index contributed by atoms with van der Waals surface area (Å²) < 4.78 is 0. The molecule has 2 N–H and O–H groups in total. The van der Waals surface area contributed by atoms with Crippen molar-refractivity contribution in [1.29, 1.82) is 0 Å². The molecular weight excluding hydrogens is 270 g/mol. The minimum Gasteiger partial charge on any atom is -0.384 e. The Bertz CT molecular complexity index is 566. The van der Waals surface area contributed by atoms with Gasteiger partial charge in [-0.15, -0.1) is 0 Å². The van der Waals surface area contributed by atoms with E-state index in [1.165, 1.54) is 12.3 Å². The largest absolute Gasteiger partial charge is 0.384 e. The van der Waals surface area contributed by atoms with Gasteiger partial charge in [-0.25, -0.2) is 4.98 Å². The first-order chi connectivity index (χ1) is 10.2. The van der Waals surface area contributed by atoms with Crippen LogP contribution in [0.5, 0.6) is 0 Å². The number of amides is 2. The predicted octanol–water partition coefficient (Wildman–Crippen LogP) is -0.222. The van der Waals surface area contributed by atoms with E-state index in [-0.39, 0.29) is 30.7 Å². The molecule has 2 amide bonds. The van der Waals surface area contributed by atoms with Gasteiger partial charge in [0.2, 0.25) is 5.91 Å². The van der Waals surface area contributed by atoms with Gasteiger partial charge in [0.25, 0.3) is 5.91 Å². The zero-order valence-electron chi connectivity index (χ0n) is 11.6. The molecule has 2 rings (SSSR count). The molecule has 1 aromatic heterocycles. The van der Waals surface area contributed by atoms with E-state index in [0.717, 1.165) is 25.9 Å². The van der Waals surface area contributed by atoms with Crippen molar-refractivity contribution in [3.8, 4) is 11.8 Å². The van der Waals surface area contributed by atoms with Crippen molar-refractivity contribution in [2.45, 2.75) is 12.8 Å². The summed E-state index contributed by atoms with van der Waals surface area (Å²) in [6.45, 7) is 1.31. The lowest BCUT2D eigenvalue weighted by molar-refractivity contribution is -0.129. The first-order valence-corrected chi connectivity index (χ1v) is 6.82. The standard InChI is InChI=1S/C15H17N3O3/c19-9-3-4-12-5-6-13(16-10-12)15(21)17-11-14(20)18-7-1-2-8-18/h5-6,10,19H,1-2,7-9,11H2,(H,17,21). The summed E-state index contributed by atoms with van der Waals surface area (Å²) in [4.78, 5) is 29.4. The van der Waals surface area contributed by atoms with E-state index in [1.807, 2.05) is 0 Å². The zero-order valence-corrected chi connectivity index (χ0v) is 11.6. The fraction of sp³-hybridized carbons (Fsp3) is 0.400. The second-order valence-electron chi connectivity index (χ2n) is 4.66. The summed E-state index contributed by atoms with van der Waals surface area (Å²) in [7, 11) is 0. The van der Waals surface area contributed by atoms with Crippen LogP contribution in [-0.2, 0) is 4.79 Å². The third kappa shape index (κ3) is 4.29. The second-order valence-corrected chi connectivity index (χ2v) is 4.66. The molecule has 6 heteroatoms. The van der Waals surface area contributed by atoms with Gasteiger partial charge in [-0.05, 0) is 25.0 Å². The number of nitrogens with one attached hydrogen (secondary N) is 1. The Morgan fingerprint density at radius 2 is 2.10 bits per heavy atom. The molecule has 6 nitrogen and oxygen atoms in total. The van der Waals surface area contributed by atoms with E-state index in [2.05, 4.69) is 22.1 Å². The fourth-order valence-corrected chi connectivity index (χ4v) is 2.07. The number of aliphatic hydroxyl groups excluding tert-OH is 1. The van der Waals surface area contributed by atoms with Gasteiger partial charge < -0.3 is 15.3 Å². The Balaban J connectivity index is 1.86. The maximum Gasteiger partial charge on any atom is 0.270 e.